The van der Waals surface area contributed by atoms with E-state index in [1.165, 1.54) is 0 Å². The highest BCUT2D eigenvalue weighted by molar-refractivity contribution is 6.05. The number of nitrogens with one attached hydrogen (secondary N) is 1. The van der Waals surface area contributed by atoms with Crippen molar-refractivity contribution in [3.05, 3.63) is 0 Å². The molecule has 0 saturated carbocycles. The van der Waals surface area contributed by atoms with Crippen LogP contribution in [0.15, 0.2) is 0 Å². The van der Waals surface area contributed by atoms with Gasteiger partial charge in [0.25, 0.3) is 0 Å². The maximum absolute atomic E-state index is 11.4. The van der Waals surface area contributed by atoms with Crippen LogP contribution in [-0.4, -0.2) is 61.3 Å². The summed E-state index contributed by atoms with van der Waals surface area (Å²) in [5.41, 5.74) is 0. The highest BCUT2D eigenvalue weighted by Crippen LogP contribution is 2.10. The van der Waals surface area contributed by atoms with Gasteiger partial charge in [-0.2, -0.15) is 0 Å². The summed E-state index contributed by atoms with van der Waals surface area (Å²) >= 11 is 0. The van der Waals surface area contributed by atoms with Gasteiger partial charge in [-0.1, -0.05) is 0 Å². The van der Waals surface area contributed by atoms with Gasteiger partial charge in [-0.3, -0.25) is 19.8 Å². The van der Waals surface area contributed by atoms with Gasteiger partial charge < -0.3 is 9.84 Å². The van der Waals surface area contributed by atoms with Gasteiger partial charge >= 0.3 is 0 Å². The van der Waals surface area contributed by atoms with Crippen LogP contribution >= 0.6 is 0 Å². The fourth-order valence-electron chi connectivity index (χ4n) is 1.60. The second kappa shape index (κ2) is 5.79. The highest BCUT2D eigenvalue weighted by Gasteiger charge is 2.34. The summed E-state index contributed by atoms with van der Waals surface area (Å²) in [4.78, 5) is 24.1. The standard InChI is InChI=1S/C9H16N2O4/c1-15-5-3-11(2-4-12)7-6-8(13)10-9(7)14/h7,12H,2-6H2,1H3,(H,10,13,14). The smallest absolute Gasteiger partial charge is 0.244 e. The molecular weight excluding hydrogens is 200 g/mol. The summed E-state index contributed by atoms with van der Waals surface area (Å²) in [5.74, 6) is -0.546. The number of hydrogen-bond acceptors (Lipinski definition) is 5. The van der Waals surface area contributed by atoms with Crippen LogP contribution in [0.2, 0.25) is 0 Å². The Morgan fingerprint density at radius 1 is 1.53 bits per heavy atom. The normalized spacial score (nSPS) is 21.1. The average molecular weight is 216 g/mol. The number of amides is 2. The first-order valence-electron chi connectivity index (χ1n) is 4.86. The lowest BCUT2D eigenvalue weighted by Crippen LogP contribution is -2.43. The average Bonchev–Trinajstić information content (AvgIpc) is 2.52. The van der Waals surface area contributed by atoms with Crippen molar-refractivity contribution in [3.63, 3.8) is 0 Å². The zero-order valence-electron chi connectivity index (χ0n) is 8.73. The SMILES string of the molecule is COCCN(CCO)C1CC(=O)NC1=O. The molecule has 2 amide bonds. The Morgan fingerprint density at radius 3 is 2.73 bits per heavy atom. The van der Waals surface area contributed by atoms with Crippen molar-refractivity contribution in [3.8, 4) is 0 Å². The largest absolute Gasteiger partial charge is 0.395 e. The number of aliphatic hydroxyl groups is 1. The minimum absolute atomic E-state index is 0.0400. The molecule has 0 aromatic heterocycles. The lowest BCUT2D eigenvalue weighted by Gasteiger charge is -2.24. The molecule has 6 nitrogen and oxygen atoms in total. The second-order valence-electron chi connectivity index (χ2n) is 3.38. The number of nitrogens with zero attached hydrogens (tertiary/aromatic N) is 1. The lowest BCUT2D eigenvalue weighted by atomic mass is 10.2. The van der Waals surface area contributed by atoms with Gasteiger partial charge in [-0.25, -0.2) is 0 Å². The monoisotopic (exact) mass is 216 g/mol. The Balaban J connectivity index is 2.54. The van der Waals surface area contributed by atoms with E-state index in [9.17, 15) is 9.59 Å². The van der Waals surface area contributed by atoms with E-state index < -0.39 is 6.04 Å². The first-order chi connectivity index (χ1) is 7.19. The molecule has 0 aromatic carbocycles. The molecule has 1 aliphatic rings. The Bertz CT molecular complexity index is 244. The van der Waals surface area contributed by atoms with Crippen molar-refractivity contribution in [1.29, 1.82) is 0 Å². The topological polar surface area (TPSA) is 78.9 Å². The van der Waals surface area contributed by atoms with Gasteiger partial charge in [-0.05, 0) is 0 Å². The zero-order chi connectivity index (χ0) is 11.3. The summed E-state index contributed by atoms with van der Waals surface area (Å²) < 4.78 is 4.90. The minimum atomic E-state index is -0.459. The van der Waals surface area contributed by atoms with E-state index in [1.807, 2.05) is 0 Å². The van der Waals surface area contributed by atoms with Crippen LogP contribution in [0, 0.1) is 0 Å². The molecule has 1 rings (SSSR count). The molecular formula is C9H16N2O4. The second-order valence-corrected chi connectivity index (χ2v) is 3.38. The van der Waals surface area contributed by atoms with Crippen molar-refractivity contribution in [1.82, 2.24) is 10.2 Å². The van der Waals surface area contributed by atoms with E-state index in [0.29, 0.717) is 19.7 Å². The molecule has 86 valence electrons. The van der Waals surface area contributed by atoms with Gasteiger partial charge in [0.2, 0.25) is 11.8 Å². The molecule has 1 fully saturated rings. The molecule has 0 aliphatic carbocycles. The highest BCUT2D eigenvalue weighted by atomic mass is 16.5. The Hall–Kier alpha value is -0.980. The molecule has 0 bridgehead atoms. The first-order valence-corrected chi connectivity index (χ1v) is 4.86. The van der Waals surface area contributed by atoms with Gasteiger partial charge in [-0.15, -0.1) is 0 Å². The number of ether oxygens (including phenoxy) is 1. The Morgan fingerprint density at radius 2 is 2.27 bits per heavy atom. The van der Waals surface area contributed by atoms with Crippen LogP contribution in [0.3, 0.4) is 0 Å². The third-order valence-corrected chi connectivity index (χ3v) is 2.35. The molecule has 1 aliphatic heterocycles. The van der Waals surface area contributed by atoms with Gasteiger partial charge in [0, 0.05) is 20.2 Å². The molecule has 6 heteroatoms. The number of methoxy groups -OCH3 is 1. The molecule has 2 N–H and O–H groups in total. The van der Waals surface area contributed by atoms with Crippen LogP contribution in [0.25, 0.3) is 0 Å². The first kappa shape index (κ1) is 12.1. The molecule has 0 aromatic rings. The number of rotatable bonds is 6. The summed E-state index contributed by atoms with van der Waals surface area (Å²) in [7, 11) is 1.57. The molecule has 15 heavy (non-hydrogen) atoms. The van der Waals surface area contributed by atoms with E-state index in [1.54, 1.807) is 12.0 Å². The van der Waals surface area contributed by atoms with Crippen LogP contribution in [0.5, 0.6) is 0 Å². The van der Waals surface area contributed by atoms with Crippen molar-refractivity contribution >= 4 is 11.8 Å². The predicted molar refractivity (Wildman–Crippen MR) is 52.1 cm³/mol. The quantitative estimate of drug-likeness (QED) is 0.520. The molecule has 1 saturated heterocycles. The number of aliphatic hydroxyl groups excluding tert-OH is 1. The Kier molecular flexibility index (Phi) is 4.67. The van der Waals surface area contributed by atoms with Gasteiger partial charge in [0.05, 0.1) is 25.7 Å². The van der Waals surface area contributed by atoms with Crippen molar-refractivity contribution in [2.45, 2.75) is 12.5 Å². The maximum atomic E-state index is 11.4. The molecule has 1 unspecified atom stereocenters. The lowest BCUT2D eigenvalue weighted by molar-refractivity contribution is -0.126. The number of carbonyl (C=O) groups is 2. The van der Waals surface area contributed by atoms with Crippen LogP contribution in [0.4, 0.5) is 0 Å². The minimum Gasteiger partial charge on any atom is -0.395 e. The van der Waals surface area contributed by atoms with Crippen molar-refractivity contribution in [2.75, 3.05) is 33.4 Å². The maximum Gasteiger partial charge on any atom is 0.244 e. The van der Waals surface area contributed by atoms with Gasteiger partial charge in [0.15, 0.2) is 0 Å². The van der Waals surface area contributed by atoms with E-state index in [2.05, 4.69) is 5.32 Å². The Labute approximate surface area is 88.2 Å². The molecule has 1 atom stereocenters. The number of carbonyl (C=O) groups excluding carboxylic acids is 2. The summed E-state index contributed by atoms with van der Waals surface area (Å²) in [6.45, 7) is 1.33. The van der Waals surface area contributed by atoms with E-state index >= 15 is 0 Å². The molecule has 1 heterocycles. The predicted octanol–water partition coefficient (Wildman–Crippen LogP) is -1.66. The van der Waals surface area contributed by atoms with Crippen molar-refractivity contribution < 1.29 is 19.4 Å². The summed E-state index contributed by atoms with van der Waals surface area (Å²) in [6.07, 6.45) is 0.169. The van der Waals surface area contributed by atoms with Crippen LogP contribution < -0.4 is 5.32 Å². The van der Waals surface area contributed by atoms with E-state index in [0.717, 1.165) is 0 Å². The third-order valence-electron chi connectivity index (χ3n) is 2.35. The summed E-state index contributed by atoms with van der Waals surface area (Å²) in [5, 5.41) is 11.1. The zero-order valence-corrected chi connectivity index (χ0v) is 8.73. The van der Waals surface area contributed by atoms with Gasteiger partial charge in [0.1, 0.15) is 0 Å². The molecule has 0 spiro atoms. The fourth-order valence-corrected chi connectivity index (χ4v) is 1.60. The van der Waals surface area contributed by atoms with Crippen molar-refractivity contribution in [2.24, 2.45) is 0 Å². The van der Waals surface area contributed by atoms with Crippen LogP contribution in [0.1, 0.15) is 6.42 Å². The number of imide groups is 1. The fraction of sp³-hybridized carbons (Fsp3) is 0.778. The summed E-state index contributed by atoms with van der Waals surface area (Å²) in [6, 6.07) is -0.459. The van der Waals surface area contributed by atoms with Crippen LogP contribution in [-0.2, 0) is 14.3 Å². The van der Waals surface area contributed by atoms with E-state index in [-0.39, 0.29) is 24.8 Å². The third kappa shape index (κ3) is 3.26. The van der Waals surface area contributed by atoms with E-state index in [4.69, 9.17) is 9.84 Å². The number of hydrogen-bond donors (Lipinski definition) is 2. The molecule has 0 radical (unpaired) electrons.